The highest BCUT2D eigenvalue weighted by molar-refractivity contribution is 5.16. The Morgan fingerprint density at radius 1 is 1.67 bits per heavy atom. The van der Waals surface area contributed by atoms with Gasteiger partial charge in [-0.2, -0.15) is 0 Å². The van der Waals surface area contributed by atoms with Crippen molar-refractivity contribution in [2.24, 2.45) is 0 Å². The van der Waals surface area contributed by atoms with E-state index in [9.17, 15) is 4.79 Å². The van der Waals surface area contributed by atoms with Gasteiger partial charge in [0.2, 0.25) is 0 Å². The van der Waals surface area contributed by atoms with Gasteiger partial charge in [-0.3, -0.25) is 9.78 Å². The van der Waals surface area contributed by atoms with E-state index in [0.717, 1.165) is 0 Å². The molecule has 0 saturated heterocycles. The van der Waals surface area contributed by atoms with Gasteiger partial charge in [-0.05, 0) is 0 Å². The zero-order valence-electron chi connectivity index (χ0n) is 8.01. The Hall–Kier alpha value is -1.44. The number of ether oxygens (including phenoxy) is 1. The molecule has 0 saturated carbocycles. The molecule has 0 radical (unpaired) electrons. The molecule has 7 nitrogen and oxygen atoms in total. The second kappa shape index (κ2) is 5.44. The maximum atomic E-state index is 11.2. The number of hydrogen-bond donors (Lipinski definition) is 4. The van der Waals surface area contributed by atoms with Gasteiger partial charge in [-0.15, -0.1) is 0 Å². The van der Waals surface area contributed by atoms with E-state index in [1.165, 1.54) is 6.20 Å². The largest absolute Gasteiger partial charge is 0.394 e. The Morgan fingerprint density at radius 2 is 2.40 bits per heavy atom. The van der Waals surface area contributed by atoms with E-state index in [2.05, 4.69) is 9.97 Å². The summed E-state index contributed by atoms with van der Waals surface area (Å²) < 4.78 is 4.98. The predicted octanol–water partition coefficient (Wildman–Crippen LogP) is -1.78. The molecule has 5 N–H and O–H groups in total. The molecule has 0 aliphatic carbocycles. The monoisotopic (exact) mass is 215 g/mol. The minimum Gasteiger partial charge on any atom is -0.394 e. The van der Waals surface area contributed by atoms with Gasteiger partial charge in [0.25, 0.3) is 5.56 Å². The average molecular weight is 215 g/mol. The molecular formula is C8H13N3O4. The summed E-state index contributed by atoms with van der Waals surface area (Å²) in [5, 5.41) is 17.4. The molecule has 0 fully saturated rings. The number of H-pyrrole nitrogens is 1. The topological polar surface area (TPSA) is 121 Å². The van der Waals surface area contributed by atoms with Gasteiger partial charge in [0, 0.05) is 6.20 Å². The van der Waals surface area contributed by atoms with Gasteiger partial charge in [0.15, 0.2) is 5.95 Å². The number of nitrogen functional groups attached to an aromatic ring is 1. The SMILES string of the molecule is Nc1ncc(COCC(O)CO)c(=O)[nH]1. The molecule has 1 heterocycles. The molecule has 1 atom stereocenters. The number of aromatic nitrogens is 2. The molecule has 15 heavy (non-hydrogen) atoms. The zero-order chi connectivity index (χ0) is 11.3. The molecule has 0 amide bonds. The van der Waals surface area contributed by atoms with Crippen LogP contribution < -0.4 is 11.3 Å². The van der Waals surface area contributed by atoms with Crippen LogP contribution in [-0.4, -0.2) is 39.5 Å². The predicted molar refractivity (Wildman–Crippen MR) is 52.0 cm³/mol. The number of anilines is 1. The smallest absolute Gasteiger partial charge is 0.257 e. The summed E-state index contributed by atoms with van der Waals surface area (Å²) in [4.78, 5) is 17.2. The van der Waals surface area contributed by atoms with Crippen molar-refractivity contribution < 1.29 is 14.9 Å². The summed E-state index contributed by atoms with van der Waals surface area (Å²) >= 11 is 0. The van der Waals surface area contributed by atoms with Crippen LogP contribution in [0.1, 0.15) is 5.56 Å². The third-order valence-electron chi connectivity index (χ3n) is 1.67. The maximum absolute atomic E-state index is 11.2. The first-order valence-corrected chi connectivity index (χ1v) is 4.34. The van der Waals surface area contributed by atoms with Crippen molar-refractivity contribution in [3.05, 3.63) is 22.1 Å². The van der Waals surface area contributed by atoms with Crippen LogP contribution >= 0.6 is 0 Å². The van der Waals surface area contributed by atoms with E-state index in [0.29, 0.717) is 5.56 Å². The Morgan fingerprint density at radius 3 is 3.00 bits per heavy atom. The molecule has 0 aromatic carbocycles. The van der Waals surface area contributed by atoms with Crippen molar-refractivity contribution in [1.82, 2.24) is 9.97 Å². The van der Waals surface area contributed by atoms with E-state index in [-0.39, 0.29) is 31.3 Å². The standard InChI is InChI=1S/C8H13N3O4/c9-8-10-1-5(7(14)11-8)3-15-4-6(13)2-12/h1,6,12-13H,2-4H2,(H3,9,10,11,14). The molecular weight excluding hydrogens is 202 g/mol. The first-order chi connectivity index (χ1) is 7.13. The first-order valence-electron chi connectivity index (χ1n) is 4.34. The van der Waals surface area contributed by atoms with Crippen LogP contribution in [0.25, 0.3) is 0 Å². The van der Waals surface area contributed by atoms with Gasteiger partial charge in [0.05, 0.1) is 25.4 Å². The van der Waals surface area contributed by atoms with Crippen LogP contribution in [0.5, 0.6) is 0 Å². The van der Waals surface area contributed by atoms with Gasteiger partial charge < -0.3 is 20.7 Å². The van der Waals surface area contributed by atoms with Gasteiger partial charge >= 0.3 is 0 Å². The minimum absolute atomic E-state index is 0.0136. The highest BCUT2D eigenvalue weighted by Crippen LogP contribution is 1.94. The second-order valence-electron chi connectivity index (χ2n) is 2.97. The van der Waals surface area contributed by atoms with Crippen molar-refractivity contribution in [3.63, 3.8) is 0 Å². The molecule has 0 spiro atoms. The third-order valence-corrected chi connectivity index (χ3v) is 1.67. The van der Waals surface area contributed by atoms with Crippen LogP contribution in [0.2, 0.25) is 0 Å². The van der Waals surface area contributed by atoms with E-state index in [1.54, 1.807) is 0 Å². The molecule has 7 heteroatoms. The van der Waals surface area contributed by atoms with E-state index >= 15 is 0 Å². The van der Waals surface area contributed by atoms with Crippen LogP contribution in [-0.2, 0) is 11.3 Å². The Kier molecular flexibility index (Phi) is 4.22. The number of rotatable bonds is 5. The summed E-state index contributed by atoms with van der Waals surface area (Å²) in [5.74, 6) is 0.0409. The zero-order valence-corrected chi connectivity index (χ0v) is 8.01. The molecule has 1 aromatic heterocycles. The summed E-state index contributed by atoms with van der Waals surface area (Å²) in [6, 6.07) is 0. The van der Waals surface area contributed by atoms with E-state index in [1.807, 2.05) is 0 Å². The van der Waals surface area contributed by atoms with Gasteiger partial charge in [0.1, 0.15) is 6.10 Å². The molecule has 0 bridgehead atoms. The van der Waals surface area contributed by atoms with E-state index < -0.39 is 6.10 Å². The van der Waals surface area contributed by atoms with Crippen LogP contribution in [0.3, 0.4) is 0 Å². The Balaban J connectivity index is 2.48. The summed E-state index contributed by atoms with van der Waals surface area (Å²) in [6.45, 7) is -0.406. The molecule has 84 valence electrons. The van der Waals surface area contributed by atoms with Crippen LogP contribution in [0.15, 0.2) is 11.0 Å². The van der Waals surface area contributed by atoms with Crippen LogP contribution in [0.4, 0.5) is 5.95 Å². The Labute approximate surface area is 85.5 Å². The number of nitrogens with zero attached hydrogens (tertiary/aromatic N) is 1. The number of hydrogen-bond acceptors (Lipinski definition) is 6. The number of aromatic amines is 1. The van der Waals surface area contributed by atoms with Crippen LogP contribution in [0, 0.1) is 0 Å². The number of aliphatic hydroxyl groups is 2. The van der Waals surface area contributed by atoms with Crippen molar-refractivity contribution in [2.45, 2.75) is 12.7 Å². The third kappa shape index (κ3) is 3.66. The lowest BCUT2D eigenvalue weighted by molar-refractivity contribution is -0.000315. The fourth-order valence-electron chi connectivity index (χ4n) is 0.895. The molecule has 0 aliphatic rings. The lowest BCUT2D eigenvalue weighted by atomic mass is 10.3. The Bertz CT molecular complexity index is 365. The maximum Gasteiger partial charge on any atom is 0.257 e. The fraction of sp³-hybridized carbons (Fsp3) is 0.500. The van der Waals surface area contributed by atoms with Gasteiger partial charge in [-0.25, -0.2) is 4.98 Å². The lowest BCUT2D eigenvalue weighted by Gasteiger charge is -2.07. The normalized spacial score (nSPS) is 12.7. The molecule has 0 aliphatic heterocycles. The lowest BCUT2D eigenvalue weighted by Crippen LogP contribution is -2.21. The highest BCUT2D eigenvalue weighted by Gasteiger charge is 2.04. The second-order valence-corrected chi connectivity index (χ2v) is 2.97. The first kappa shape index (κ1) is 11.6. The number of nitrogens with two attached hydrogens (primary N) is 1. The average Bonchev–Trinajstić information content (AvgIpc) is 2.21. The van der Waals surface area contributed by atoms with Gasteiger partial charge in [-0.1, -0.05) is 0 Å². The molecule has 1 aromatic rings. The quantitative estimate of drug-likeness (QED) is 0.461. The fourth-order valence-corrected chi connectivity index (χ4v) is 0.895. The van der Waals surface area contributed by atoms with Crippen molar-refractivity contribution in [3.8, 4) is 0 Å². The summed E-state index contributed by atoms with van der Waals surface area (Å²) in [7, 11) is 0. The summed E-state index contributed by atoms with van der Waals surface area (Å²) in [5.41, 5.74) is 5.19. The summed E-state index contributed by atoms with van der Waals surface area (Å²) in [6.07, 6.45) is 0.366. The van der Waals surface area contributed by atoms with E-state index in [4.69, 9.17) is 20.7 Å². The van der Waals surface area contributed by atoms with Crippen molar-refractivity contribution in [2.75, 3.05) is 18.9 Å². The van der Waals surface area contributed by atoms with Crippen molar-refractivity contribution >= 4 is 5.95 Å². The minimum atomic E-state index is -0.939. The number of nitrogens with one attached hydrogen (secondary N) is 1. The highest BCUT2D eigenvalue weighted by atomic mass is 16.5. The molecule has 1 rings (SSSR count). The number of aliphatic hydroxyl groups excluding tert-OH is 2. The van der Waals surface area contributed by atoms with Crippen molar-refractivity contribution in [1.29, 1.82) is 0 Å². The molecule has 1 unspecified atom stereocenters.